The van der Waals surface area contributed by atoms with Crippen molar-refractivity contribution < 1.29 is 9.13 Å². The summed E-state index contributed by atoms with van der Waals surface area (Å²) < 4.78 is 21.3. The van der Waals surface area contributed by atoms with Gasteiger partial charge in [0.25, 0.3) is 0 Å². The maximum atomic E-state index is 14.6. The molecule has 1 N–H and O–H groups in total. The summed E-state index contributed by atoms with van der Waals surface area (Å²) in [5.74, 6) is -0.169. The van der Waals surface area contributed by atoms with Gasteiger partial charge in [0, 0.05) is 12.2 Å². The standard InChI is InChI=1S/C17H25BrFNO/c1-3-12-20-16(13-8-7-9-14(18)15(13)19)17(21-4-2)10-5-6-11-17/h7-9,16,20H,3-6,10-12H2,1-2H3. The molecule has 0 radical (unpaired) electrons. The minimum atomic E-state index is -0.272. The molecule has 1 atom stereocenters. The predicted molar refractivity (Wildman–Crippen MR) is 88.0 cm³/mol. The average molecular weight is 358 g/mol. The van der Waals surface area contributed by atoms with E-state index < -0.39 is 0 Å². The highest BCUT2D eigenvalue weighted by molar-refractivity contribution is 9.10. The van der Waals surface area contributed by atoms with E-state index in [0.29, 0.717) is 16.6 Å². The molecule has 0 heterocycles. The molecule has 0 spiro atoms. The summed E-state index contributed by atoms with van der Waals surface area (Å²) in [5.41, 5.74) is 0.444. The summed E-state index contributed by atoms with van der Waals surface area (Å²) in [6, 6.07) is 5.44. The van der Waals surface area contributed by atoms with E-state index in [9.17, 15) is 4.39 Å². The fraction of sp³-hybridized carbons (Fsp3) is 0.647. The van der Waals surface area contributed by atoms with Crippen molar-refractivity contribution in [2.24, 2.45) is 0 Å². The first-order chi connectivity index (χ1) is 10.1. The molecular formula is C17H25BrFNO. The Bertz CT molecular complexity index is 460. The minimum absolute atomic E-state index is 0.0857. The van der Waals surface area contributed by atoms with E-state index in [2.05, 4.69) is 28.2 Å². The Hall–Kier alpha value is -0.450. The lowest BCUT2D eigenvalue weighted by Crippen LogP contribution is -2.45. The van der Waals surface area contributed by atoms with Crippen LogP contribution in [0.25, 0.3) is 0 Å². The molecule has 4 heteroatoms. The summed E-state index contributed by atoms with van der Waals surface area (Å²) in [7, 11) is 0. The van der Waals surface area contributed by atoms with Crippen LogP contribution in [0.2, 0.25) is 0 Å². The molecule has 1 saturated carbocycles. The zero-order valence-electron chi connectivity index (χ0n) is 12.9. The van der Waals surface area contributed by atoms with Gasteiger partial charge in [0.2, 0.25) is 0 Å². The van der Waals surface area contributed by atoms with Crippen molar-refractivity contribution >= 4 is 15.9 Å². The number of nitrogens with one attached hydrogen (secondary N) is 1. The highest BCUT2D eigenvalue weighted by atomic mass is 79.9. The predicted octanol–water partition coefficient (Wildman–Crippen LogP) is 4.98. The van der Waals surface area contributed by atoms with Gasteiger partial charge in [-0.15, -0.1) is 0 Å². The number of ether oxygens (including phenoxy) is 1. The summed E-state index contributed by atoms with van der Waals surface area (Å²) in [5, 5.41) is 3.54. The molecule has 1 aromatic carbocycles. The monoisotopic (exact) mass is 357 g/mol. The maximum Gasteiger partial charge on any atom is 0.142 e. The molecule has 0 aliphatic heterocycles. The third kappa shape index (κ3) is 3.66. The molecule has 0 bridgehead atoms. The molecule has 1 aliphatic carbocycles. The van der Waals surface area contributed by atoms with Crippen LogP contribution >= 0.6 is 15.9 Å². The highest BCUT2D eigenvalue weighted by Gasteiger charge is 2.43. The van der Waals surface area contributed by atoms with Gasteiger partial charge in [0.1, 0.15) is 5.82 Å². The van der Waals surface area contributed by atoms with Crippen molar-refractivity contribution in [3.05, 3.63) is 34.1 Å². The molecule has 2 nitrogen and oxygen atoms in total. The highest BCUT2D eigenvalue weighted by Crippen LogP contribution is 2.44. The third-order valence-electron chi connectivity index (χ3n) is 4.30. The Morgan fingerprint density at radius 3 is 2.67 bits per heavy atom. The van der Waals surface area contributed by atoms with Gasteiger partial charge in [-0.2, -0.15) is 0 Å². The number of halogens is 2. The zero-order chi connectivity index (χ0) is 15.3. The fourth-order valence-corrected chi connectivity index (χ4v) is 3.77. The zero-order valence-corrected chi connectivity index (χ0v) is 14.5. The Morgan fingerprint density at radius 1 is 1.33 bits per heavy atom. The van der Waals surface area contributed by atoms with Crippen molar-refractivity contribution in [3.8, 4) is 0 Å². The Kier molecular flexibility index (Phi) is 6.20. The Balaban J connectivity index is 2.39. The van der Waals surface area contributed by atoms with Crippen molar-refractivity contribution in [3.63, 3.8) is 0 Å². The van der Waals surface area contributed by atoms with E-state index in [-0.39, 0.29) is 17.5 Å². The topological polar surface area (TPSA) is 21.3 Å². The third-order valence-corrected chi connectivity index (χ3v) is 4.91. The van der Waals surface area contributed by atoms with Gasteiger partial charge in [-0.1, -0.05) is 31.9 Å². The van der Waals surface area contributed by atoms with E-state index in [1.54, 1.807) is 6.07 Å². The van der Waals surface area contributed by atoms with Gasteiger partial charge >= 0.3 is 0 Å². The van der Waals surface area contributed by atoms with Crippen molar-refractivity contribution in [1.82, 2.24) is 5.32 Å². The molecule has 21 heavy (non-hydrogen) atoms. The van der Waals surface area contributed by atoms with Gasteiger partial charge < -0.3 is 10.1 Å². The van der Waals surface area contributed by atoms with Crippen LogP contribution in [0.4, 0.5) is 4.39 Å². The van der Waals surface area contributed by atoms with Crippen LogP contribution in [0.5, 0.6) is 0 Å². The summed E-state index contributed by atoms with van der Waals surface area (Å²) in [4.78, 5) is 0. The number of hydrogen-bond donors (Lipinski definition) is 1. The first-order valence-electron chi connectivity index (χ1n) is 7.96. The van der Waals surface area contributed by atoms with Crippen molar-refractivity contribution in [2.75, 3.05) is 13.2 Å². The minimum Gasteiger partial charge on any atom is -0.373 e. The van der Waals surface area contributed by atoms with Crippen LogP contribution in [-0.2, 0) is 4.74 Å². The molecule has 2 rings (SSSR count). The molecule has 1 aliphatic rings. The van der Waals surface area contributed by atoms with Gasteiger partial charge in [-0.3, -0.25) is 0 Å². The Labute approximate surface area is 135 Å². The second kappa shape index (κ2) is 7.70. The van der Waals surface area contributed by atoms with Crippen LogP contribution in [0.15, 0.2) is 22.7 Å². The second-order valence-corrected chi connectivity index (χ2v) is 6.59. The summed E-state index contributed by atoms with van der Waals surface area (Å²) >= 11 is 3.30. The van der Waals surface area contributed by atoms with Crippen molar-refractivity contribution in [2.45, 2.75) is 57.6 Å². The number of rotatable bonds is 7. The van der Waals surface area contributed by atoms with E-state index in [1.807, 2.05) is 19.1 Å². The molecular weight excluding hydrogens is 333 g/mol. The quantitative estimate of drug-likeness (QED) is 0.742. The average Bonchev–Trinajstić information content (AvgIpc) is 2.93. The largest absolute Gasteiger partial charge is 0.373 e. The van der Waals surface area contributed by atoms with Crippen LogP contribution in [-0.4, -0.2) is 18.8 Å². The molecule has 118 valence electrons. The van der Waals surface area contributed by atoms with E-state index in [0.717, 1.165) is 38.6 Å². The smallest absolute Gasteiger partial charge is 0.142 e. The first kappa shape index (κ1) is 16.9. The van der Waals surface area contributed by atoms with Crippen LogP contribution in [0, 0.1) is 5.82 Å². The van der Waals surface area contributed by atoms with E-state index in [1.165, 1.54) is 0 Å². The molecule has 1 aromatic rings. The normalized spacial score (nSPS) is 18.9. The van der Waals surface area contributed by atoms with Gasteiger partial charge in [0.15, 0.2) is 0 Å². The van der Waals surface area contributed by atoms with Crippen molar-refractivity contribution in [1.29, 1.82) is 0 Å². The fourth-order valence-electron chi connectivity index (χ4n) is 3.39. The van der Waals surface area contributed by atoms with Crippen LogP contribution < -0.4 is 5.32 Å². The molecule has 1 fully saturated rings. The lowest BCUT2D eigenvalue weighted by Gasteiger charge is -2.38. The van der Waals surface area contributed by atoms with Crippen LogP contribution in [0.1, 0.15) is 57.6 Å². The number of benzene rings is 1. The van der Waals surface area contributed by atoms with Crippen LogP contribution in [0.3, 0.4) is 0 Å². The summed E-state index contributed by atoms with van der Waals surface area (Å²) in [6.07, 6.45) is 5.32. The van der Waals surface area contributed by atoms with Gasteiger partial charge in [-0.05, 0) is 54.7 Å². The second-order valence-electron chi connectivity index (χ2n) is 5.74. The van der Waals surface area contributed by atoms with E-state index >= 15 is 0 Å². The lowest BCUT2D eigenvalue weighted by molar-refractivity contribution is -0.0633. The SMILES string of the molecule is CCCNC(c1cccc(Br)c1F)C1(OCC)CCCC1. The molecule has 0 amide bonds. The Morgan fingerprint density at radius 2 is 2.05 bits per heavy atom. The maximum absolute atomic E-state index is 14.6. The molecule has 0 aromatic heterocycles. The number of hydrogen-bond acceptors (Lipinski definition) is 2. The van der Waals surface area contributed by atoms with E-state index in [4.69, 9.17) is 4.74 Å². The van der Waals surface area contributed by atoms with Gasteiger partial charge in [0.05, 0.1) is 16.1 Å². The van der Waals surface area contributed by atoms with Gasteiger partial charge in [-0.25, -0.2) is 4.39 Å². The first-order valence-corrected chi connectivity index (χ1v) is 8.75. The lowest BCUT2D eigenvalue weighted by atomic mass is 9.86. The summed E-state index contributed by atoms with van der Waals surface area (Å²) in [6.45, 7) is 5.68. The molecule has 0 saturated heterocycles. The molecule has 1 unspecified atom stereocenters.